The molecule has 1 amide bonds. The molecule has 2 rings (SSSR count). The van der Waals surface area contributed by atoms with Crippen LogP contribution in [0.1, 0.15) is 18.9 Å². The second kappa shape index (κ2) is 5.48. The molecule has 1 aliphatic rings. The van der Waals surface area contributed by atoms with E-state index in [1.807, 2.05) is 30.3 Å². The molecule has 1 aliphatic heterocycles. The van der Waals surface area contributed by atoms with Crippen molar-refractivity contribution in [3.63, 3.8) is 0 Å². The molecule has 3 N–H and O–H groups in total. The van der Waals surface area contributed by atoms with Gasteiger partial charge in [0.1, 0.15) is 0 Å². The highest BCUT2D eigenvalue weighted by Crippen LogP contribution is 2.00. The summed E-state index contributed by atoms with van der Waals surface area (Å²) in [5.41, 5.74) is 6.86. The molecule has 0 bridgehead atoms. The topological polar surface area (TPSA) is 53.2 Å². The van der Waals surface area contributed by atoms with E-state index in [0.717, 1.165) is 12.0 Å². The van der Waals surface area contributed by atoms with Crippen molar-refractivity contribution in [2.75, 3.05) is 0 Å². The highest BCUT2D eigenvalue weighted by Gasteiger charge is 2.20. The molecule has 4 nitrogen and oxygen atoms in total. The van der Waals surface area contributed by atoms with Gasteiger partial charge >= 0.3 is 0 Å². The Morgan fingerprint density at radius 3 is 2.76 bits per heavy atom. The van der Waals surface area contributed by atoms with Gasteiger partial charge in [0, 0.05) is 17.5 Å². The molecule has 1 aromatic rings. The lowest BCUT2D eigenvalue weighted by Gasteiger charge is -2.08. The Bertz CT molecular complexity index is 447. The van der Waals surface area contributed by atoms with E-state index >= 15 is 0 Å². The second-order valence-corrected chi connectivity index (χ2v) is 4.07. The monoisotopic (exact) mass is 229 g/mol. The summed E-state index contributed by atoms with van der Waals surface area (Å²) < 4.78 is 0. The summed E-state index contributed by atoms with van der Waals surface area (Å²) in [6.07, 6.45) is 0.821. The van der Waals surface area contributed by atoms with Crippen LogP contribution in [0.5, 0.6) is 0 Å². The summed E-state index contributed by atoms with van der Waals surface area (Å²) in [6, 6.07) is 9.82. The van der Waals surface area contributed by atoms with E-state index < -0.39 is 0 Å². The fourth-order valence-corrected chi connectivity index (χ4v) is 1.65. The lowest BCUT2D eigenvalue weighted by molar-refractivity contribution is -0.116. The molecular weight excluding hydrogens is 214 g/mol. The van der Waals surface area contributed by atoms with Crippen LogP contribution in [0.3, 0.4) is 0 Å². The number of benzene rings is 1. The number of hydrogen-bond acceptors (Lipinski definition) is 3. The first-order valence-corrected chi connectivity index (χ1v) is 5.62. The van der Waals surface area contributed by atoms with Crippen molar-refractivity contribution in [3.05, 3.63) is 35.9 Å². The van der Waals surface area contributed by atoms with Gasteiger partial charge in [0.2, 0.25) is 0 Å². The van der Waals surface area contributed by atoms with Crippen LogP contribution < -0.4 is 16.2 Å². The summed E-state index contributed by atoms with van der Waals surface area (Å²) in [5, 5.41) is 2.79. The third-order valence-electron chi connectivity index (χ3n) is 2.49. The Balaban J connectivity index is 1.88. The number of hydrazine groups is 1. The molecule has 2 atom stereocenters. The van der Waals surface area contributed by atoms with Gasteiger partial charge < -0.3 is 5.32 Å². The number of amides is 1. The average molecular weight is 229 g/mol. The maximum Gasteiger partial charge on any atom is 0.297 e. The normalized spacial score (nSPS) is 22.6. The van der Waals surface area contributed by atoms with Crippen molar-refractivity contribution in [2.24, 2.45) is 0 Å². The quantitative estimate of drug-likeness (QED) is 0.610. The SMILES string of the molecule is CC1CC(NC(=O)C#Cc2ccccc2)NN1. The van der Waals surface area contributed by atoms with E-state index in [-0.39, 0.29) is 12.1 Å². The number of carbonyl (C=O) groups is 1. The first kappa shape index (κ1) is 11.6. The predicted molar refractivity (Wildman–Crippen MR) is 65.6 cm³/mol. The Kier molecular flexibility index (Phi) is 3.76. The highest BCUT2D eigenvalue weighted by molar-refractivity contribution is 5.94. The minimum absolute atomic E-state index is 0.0393. The van der Waals surface area contributed by atoms with Gasteiger partial charge in [-0.25, -0.2) is 5.43 Å². The van der Waals surface area contributed by atoms with Gasteiger partial charge in [0.05, 0.1) is 6.17 Å². The molecule has 88 valence electrons. The Morgan fingerprint density at radius 2 is 2.12 bits per heavy atom. The third-order valence-corrected chi connectivity index (χ3v) is 2.49. The van der Waals surface area contributed by atoms with Crippen molar-refractivity contribution in [1.29, 1.82) is 0 Å². The first-order chi connectivity index (χ1) is 8.24. The lowest BCUT2D eigenvalue weighted by atomic mass is 10.2. The molecule has 0 aromatic heterocycles. The number of nitrogens with one attached hydrogen (secondary N) is 3. The van der Waals surface area contributed by atoms with E-state index in [2.05, 4.69) is 34.9 Å². The fourth-order valence-electron chi connectivity index (χ4n) is 1.65. The minimum Gasteiger partial charge on any atom is -0.329 e. The zero-order chi connectivity index (χ0) is 12.1. The van der Waals surface area contributed by atoms with Crippen LogP contribution in [0.2, 0.25) is 0 Å². The molecule has 2 unspecified atom stereocenters. The van der Waals surface area contributed by atoms with Crippen molar-refractivity contribution in [3.8, 4) is 11.8 Å². The van der Waals surface area contributed by atoms with Crippen LogP contribution in [0.15, 0.2) is 30.3 Å². The van der Waals surface area contributed by atoms with Gasteiger partial charge in [0.25, 0.3) is 5.91 Å². The van der Waals surface area contributed by atoms with Gasteiger partial charge in [-0.15, -0.1) is 0 Å². The van der Waals surface area contributed by atoms with Crippen molar-refractivity contribution in [2.45, 2.75) is 25.6 Å². The third kappa shape index (κ3) is 3.59. The van der Waals surface area contributed by atoms with Crippen LogP contribution in [-0.2, 0) is 4.79 Å². The fraction of sp³-hybridized carbons (Fsp3) is 0.308. The van der Waals surface area contributed by atoms with E-state index in [1.54, 1.807) is 0 Å². The van der Waals surface area contributed by atoms with Crippen LogP contribution >= 0.6 is 0 Å². The summed E-state index contributed by atoms with van der Waals surface area (Å²) in [5.74, 6) is 5.13. The van der Waals surface area contributed by atoms with Gasteiger partial charge in [-0.3, -0.25) is 10.2 Å². The maximum atomic E-state index is 11.5. The van der Waals surface area contributed by atoms with E-state index in [4.69, 9.17) is 0 Å². The molecule has 1 fully saturated rings. The Labute approximate surface area is 101 Å². The van der Waals surface area contributed by atoms with Gasteiger partial charge in [0.15, 0.2) is 0 Å². The molecule has 0 radical (unpaired) electrons. The Morgan fingerprint density at radius 1 is 1.35 bits per heavy atom. The van der Waals surface area contributed by atoms with E-state index in [9.17, 15) is 4.79 Å². The summed E-state index contributed by atoms with van der Waals surface area (Å²) in [6.45, 7) is 2.05. The highest BCUT2D eigenvalue weighted by atomic mass is 16.1. The zero-order valence-corrected chi connectivity index (χ0v) is 9.66. The number of carbonyl (C=O) groups excluding carboxylic acids is 1. The predicted octanol–water partition coefficient (Wildman–Crippen LogP) is 0.367. The maximum absolute atomic E-state index is 11.5. The zero-order valence-electron chi connectivity index (χ0n) is 9.66. The summed E-state index contributed by atoms with van der Waals surface area (Å²) in [7, 11) is 0. The molecule has 0 spiro atoms. The van der Waals surface area contributed by atoms with Gasteiger partial charge in [-0.05, 0) is 25.5 Å². The van der Waals surface area contributed by atoms with Crippen molar-refractivity contribution >= 4 is 5.91 Å². The summed E-state index contributed by atoms with van der Waals surface area (Å²) in [4.78, 5) is 11.5. The summed E-state index contributed by atoms with van der Waals surface area (Å²) >= 11 is 0. The second-order valence-electron chi connectivity index (χ2n) is 4.07. The molecule has 0 saturated carbocycles. The number of rotatable bonds is 1. The Hall–Kier alpha value is -1.83. The van der Waals surface area contributed by atoms with E-state index in [0.29, 0.717) is 6.04 Å². The van der Waals surface area contributed by atoms with Crippen molar-refractivity contribution in [1.82, 2.24) is 16.2 Å². The minimum atomic E-state index is -0.262. The van der Waals surface area contributed by atoms with Gasteiger partial charge in [-0.1, -0.05) is 24.1 Å². The molecule has 1 heterocycles. The average Bonchev–Trinajstić information content (AvgIpc) is 2.73. The number of hydrogen-bond donors (Lipinski definition) is 3. The smallest absolute Gasteiger partial charge is 0.297 e. The molecule has 17 heavy (non-hydrogen) atoms. The lowest BCUT2D eigenvalue weighted by Crippen LogP contribution is -2.43. The largest absolute Gasteiger partial charge is 0.329 e. The molecule has 1 saturated heterocycles. The van der Waals surface area contributed by atoms with Crippen LogP contribution in [-0.4, -0.2) is 18.1 Å². The van der Waals surface area contributed by atoms with Gasteiger partial charge in [-0.2, -0.15) is 0 Å². The van der Waals surface area contributed by atoms with Crippen molar-refractivity contribution < 1.29 is 4.79 Å². The molecule has 0 aliphatic carbocycles. The van der Waals surface area contributed by atoms with E-state index in [1.165, 1.54) is 0 Å². The van der Waals surface area contributed by atoms with Crippen LogP contribution in [0.4, 0.5) is 0 Å². The molecule has 4 heteroatoms. The molecule has 1 aromatic carbocycles. The standard InChI is InChI=1S/C13H15N3O/c1-10-9-12(16-15-10)14-13(17)8-7-11-5-3-2-4-6-11/h2-6,10,12,15-16H,9H2,1H3,(H,14,17). The molecular formula is C13H15N3O. The van der Waals surface area contributed by atoms with Crippen LogP contribution in [0, 0.1) is 11.8 Å². The van der Waals surface area contributed by atoms with Crippen LogP contribution in [0.25, 0.3) is 0 Å². The first-order valence-electron chi connectivity index (χ1n) is 5.62.